The lowest BCUT2D eigenvalue weighted by Gasteiger charge is -2.31. The van der Waals surface area contributed by atoms with Gasteiger partial charge in [-0.05, 0) is 48.0 Å². The molecule has 9 heteroatoms. The minimum Gasteiger partial charge on any atom is -0.489 e. The molecule has 1 aliphatic heterocycles. The number of carbonyl (C=O) groups excluding carboxylic acids is 1. The molecule has 1 amide bonds. The molecule has 0 aromatic heterocycles. The lowest BCUT2D eigenvalue weighted by atomic mass is 10.1. The van der Waals surface area contributed by atoms with Gasteiger partial charge in [0.05, 0.1) is 31.0 Å². The number of carbonyl (C=O) groups is 2. The van der Waals surface area contributed by atoms with Gasteiger partial charge in [0, 0.05) is 41.3 Å². The number of benzene rings is 3. The summed E-state index contributed by atoms with van der Waals surface area (Å²) in [6.07, 6.45) is 0. The molecule has 3 aromatic rings. The molecule has 188 valence electrons. The summed E-state index contributed by atoms with van der Waals surface area (Å²) in [5.74, 6) is -0.575. The average molecular weight is 529 g/mol. The predicted molar refractivity (Wildman–Crippen MR) is 141 cm³/mol. The molecule has 1 saturated heterocycles. The maximum atomic E-state index is 12.5. The van der Waals surface area contributed by atoms with E-state index < -0.39 is 5.97 Å². The van der Waals surface area contributed by atoms with E-state index in [9.17, 15) is 14.7 Å². The number of aromatic carboxylic acids is 1. The third kappa shape index (κ3) is 6.29. The highest BCUT2D eigenvalue weighted by molar-refractivity contribution is 6.35. The van der Waals surface area contributed by atoms with Crippen molar-refractivity contribution >= 4 is 46.5 Å². The SMILES string of the molecule is CC(=O)N(Cc1ccc(OCc2ccc(Cl)cc2Cl)cc1)c1ccc(N2CCOCC2)c(C(=O)O)c1. The standard InChI is InChI=1S/C27H26Cl2N2O5/c1-18(32)31(22-6-9-26(24(15-22)27(33)34)30-10-12-35-13-11-30)16-19-2-7-23(8-3-19)36-17-20-4-5-21(28)14-25(20)29/h2-9,14-15H,10-13,16-17H2,1H3,(H,33,34). The van der Waals surface area contributed by atoms with Crippen LogP contribution in [0.2, 0.25) is 10.0 Å². The maximum absolute atomic E-state index is 12.5. The van der Waals surface area contributed by atoms with Crippen LogP contribution in [-0.4, -0.2) is 43.3 Å². The monoisotopic (exact) mass is 528 g/mol. The van der Waals surface area contributed by atoms with E-state index in [1.54, 1.807) is 35.2 Å². The average Bonchev–Trinajstić information content (AvgIpc) is 2.87. The Labute approximate surface area is 219 Å². The first kappa shape index (κ1) is 25.8. The second-order valence-corrected chi connectivity index (χ2v) is 9.22. The molecule has 0 radical (unpaired) electrons. The van der Waals surface area contributed by atoms with Crippen LogP contribution in [-0.2, 0) is 22.7 Å². The molecule has 0 aliphatic carbocycles. The van der Waals surface area contributed by atoms with E-state index >= 15 is 0 Å². The Morgan fingerprint density at radius 2 is 1.75 bits per heavy atom. The third-order valence-corrected chi connectivity index (χ3v) is 6.51. The van der Waals surface area contributed by atoms with Gasteiger partial charge in [-0.25, -0.2) is 4.79 Å². The molecular weight excluding hydrogens is 503 g/mol. The summed E-state index contributed by atoms with van der Waals surface area (Å²) in [4.78, 5) is 28.1. The van der Waals surface area contributed by atoms with Crippen molar-refractivity contribution in [2.24, 2.45) is 0 Å². The van der Waals surface area contributed by atoms with Crippen molar-refractivity contribution in [3.63, 3.8) is 0 Å². The Morgan fingerprint density at radius 3 is 2.39 bits per heavy atom. The number of carboxylic acids is 1. The van der Waals surface area contributed by atoms with E-state index in [-0.39, 0.29) is 18.0 Å². The summed E-state index contributed by atoms with van der Waals surface area (Å²) in [5, 5.41) is 10.9. The van der Waals surface area contributed by atoms with Crippen LogP contribution < -0.4 is 14.5 Å². The van der Waals surface area contributed by atoms with Gasteiger partial charge in [0.2, 0.25) is 5.91 Å². The normalized spacial score (nSPS) is 13.4. The number of morpholine rings is 1. The van der Waals surface area contributed by atoms with Gasteiger partial charge >= 0.3 is 5.97 Å². The highest BCUT2D eigenvalue weighted by Crippen LogP contribution is 2.29. The number of anilines is 2. The van der Waals surface area contributed by atoms with Gasteiger partial charge < -0.3 is 24.4 Å². The lowest BCUT2D eigenvalue weighted by molar-refractivity contribution is -0.116. The molecule has 0 spiro atoms. The van der Waals surface area contributed by atoms with Gasteiger partial charge in [0.1, 0.15) is 12.4 Å². The molecule has 1 N–H and O–H groups in total. The molecule has 1 aliphatic rings. The van der Waals surface area contributed by atoms with Crippen LogP contribution in [0.1, 0.15) is 28.4 Å². The highest BCUT2D eigenvalue weighted by atomic mass is 35.5. The summed E-state index contributed by atoms with van der Waals surface area (Å²) >= 11 is 12.1. The fraction of sp³-hybridized carbons (Fsp3) is 0.259. The smallest absolute Gasteiger partial charge is 0.337 e. The van der Waals surface area contributed by atoms with Crippen LogP contribution in [0, 0.1) is 0 Å². The van der Waals surface area contributed by atoms with Crippen molar-refractivity contribution in [1.29, 1.82) is 0 Å². The van der Waals surface area contributed by atoms with Gasteiger partial charge in [0.25, 0.3) is 0 Å². The minimum absolute atomic E-state index is 0.158. The number of amides is 1. The molecule has 0 unspecified atom stereocenters. The van der Waals surface area contributed by atoms with Crippen LogP contribution in [0.25, 0.3) is 0 Å². The van der Waals surface area contributed by atoms with Crippen molar-refractivity contribution in [3.05, 3.63) is 87.4 Å². The van der Waals surface area contributed by atoms with Gasteiger partial charge in [-0.1, -0.05) is 41.4 Å². The van der Waals surface area contributed by atoms with Crippen molar-refractivity contribution in [1.82, 2.24) is 0 Å². The van der Waals surface area contributed by atoms with E-state index in [1.807, 2.05) is 35.2 Å². The van der Waals surface area contributed by atoms with Crippen LogP contribution in [0.3, 0.4) is 0 Å². The van der Waals surface area contributed by atoms with Crippen molar-refractivity contribution in [2.45, 2.75) is 20.1 Å². The summed E-state index contributed by atoms with van der Waals surface area (Å²) in [7, 11) is 0. The first-order valence-electron chi connectivity index (χ1n) is 11.5. The first-order chi connectivity index (χ1) is 17.3. The summed E-state index contributed by atoms with van der Waals surface area (Å²) in [6.45, 7) is 4.38. The summed E-state index contributed by atoms with van der Waals surface area (Å²) < 4.78 is 11.2. The Morgan fingerprint density at radius 1 is 1.03 bits per heavy atom. The van der Waals surface area contributed by atoms with E-state index in [1.165, 1.54) is 6.92 Å². The predicted octanol–water partition coefficient (Wildman–Crippen LogP) is 5.66. The van der Waals surface area contributed by atoms with Gasteiger partial charge in [-0.15, -0.1) is 0 Å². The molecule has 4 rings (SSSR count). The topological polar surface area (TPSA) is 79.3 Å². The van der Waals surface area contributed by atoms with Crippen LogP contribution in [0.4, 0.5) is 11.4 Å². The summed E-state index contributed by atoms with van der Waals surface area (Å²) in [5.41, 5.74) is 3.00. The minimum atomic E-state index is -1.04. The molecule has 0 atom stereocenters. The second-order valence-electron chi connectivity index (χ2n) is 8.38. The first-order valence-corrected chi connectivity index (χ1v) is 12.2. The fourth-order valence-corrected chi connectivity index (χ4v) is 4.46. The Hall–Kier alpha value is -3.26. The largest absolute Gasteiger partial charge is 0.489 e. The number of ether oxygens (including phenoxy) is 2. The Balaban J connectivity index is 1.48. The van der Waals surface area contributed by atoms with Gasteiger partial charge in [-0.3, -0.25) is 4.79 Å². The third-order valence-electron chi connectivity index (χ3n) is 5.93. The molecule has 3 aromatic carbocycles. The van der Waals surface area contributed by atoms with E-state index in [0.29, 0.717) is 60.1 Å². The Bertz CT molecular complexity index is 1240. The van der Waals surface area contributed by atoms with E-state index in [4.69, 9.17) is 32.7 Å². The second kappa shape index (κ2) is 11.6. The highest BCUT2D eigenvalue weighted by Gasteiger charge is 2.21. The number of carboxylic acid groups (broad SMARTS) is 1. The number of hydrogen-bond acceptors (Lipinski definition) is 5. The van der Waals surface area contributed by atoms with Gasteiger partial charge in [0.15, 0.2) is 0 Å². The fourth-order valence-electron chi connectivity index (χ4n) is 4.00. The van der Waals surface area contributed by atoms with Crippen LogP contribution >= 0.6 is 23.2 Å². The molecule has 0 bridgehead atoms. The lowest BCUT2D eigenvalue weighted by Crippen LogP contribution is -2.37. The number of nitrogens with zero attached hydrogens (tertiary/aromatic N) is 2. The van der Waals surface area contributed by atoms with Crippen molar-refractivity contribution in [2.75, 3.05) is 36.1 Å². The Kier molecular flexibility index (Phi) is 8.36. The number of hydrogen-bond donors (Lipinski definition) is 1. The quantitative estimate of drug-likeness (QED) is 0.406. The zero-order valence-electron chi connectivity index (χ0n) is 19.7. The zero-order valence-corrected chi connectivity index (χ0v) is 21.3. The maximum Gasteiger partial charge on any atom is 0.337 e. The zero-order chi connectivity index (χ0) is 25.7. The number of rotatable bonds is 8. The molecule has 0 saturated carbocycles. The molecule has 1 fully saturated rings. The molecule has 1 heterocycles. The summed E-state index contributed by atoms with van der Waals surface area (Å²) in [6, 6.07) is 17.7. The van der Waals surface area contributed by atoms with E-state index in [0.717, 1.165) is 11.1 Å². The molecular formula is C27H26Cl2N2O5. The molecule has 7 nitrogen and oxygen atoms in total. The van der Waals surface area contributed by atoms with Crippen LogP contribution in [0.5, 0.6) is 5.75 Å². The molecule has 36 heavy (non-hydrogen) atoms. The van der Waals surface area contributed by atoms with Gasteiger partial charge in [-0.2, -0.15) is 0 Å². The van der Waals surface area contributed by atoms with Crippen molar-refractivity contribution in [3.8, 4) is 5.75 Å². The number of halogens is 2. The van der Waals surface area contributed by atoms with Crippen LogP contribution in [0.15, 0.2) is 60.7 Å². The van der Waals surface area contributed by atoms with Crippen molar-refractivity contribution < 1.29 is 24.2 Å². The van der Waals surface area contributed by atoms with E-state index in [2.05, 4.69) is 0 Å².